The SMILES string of the molecule is Nc1nc(=O)[nH]cc1CC(=O)O. The molecule has 0 aromatic carbocycles. The summed E-state index contributed by atoms with van der Waals surface area (Å²) in [5.74, 6) is -1.06. The van der Waals surface area contributed by atoms with Crippen LogP contribution >= 0.6 is 0 Å². The van der Waals surface area contributed by atoms with E-state index in [1.54, 1.807) is 0 Å². The van der Waals surface area contributed by atoms with Crippen molar-refractivity contribution in [3.05, 3.63) is 22.2 Å². The molecule has 0 aliphatic heterocycles. The first-order valence-electron chi connectivity index (χ1n) is 3.15. The van der Waals surface area contributed by atoms with Crippen molar-refractivity contribution in [2.75, 3.05) is 5.73 Å². The van der Waals surface area contributed by atoms with Crippen molar-refractivity contribution in [1.29, 1.82) is 0 Å². The zero-order chi connectivity index (χ0) is 9.14. The molecule has 0 amide bonds. The third kappa shape index (κ3) is 1.82. The van der Waals surface area contributed by atoms with Crippen molar-refractivity contribution in [3.8, 4) is 0 Å². The molecular formula is C6H7N3O3. The summed E-state index contributed by atoms with van der Waals surface area (Å²) in [6.07, 6.45) is 1.01. The van der Waals surface area contributed by atoms with E-state index < -0.39 is 11.7 Å². The number of aromatic nitrogens is 2. The van der Waals surface area contributed by atoms with Crippen molar-refractivity contribution in [3.63, 3.8) is 0 Å². The molecular weight excluding hydrogens is 162 g/mol. The first kappa shape index (κ1) is 8.25. The van der Waals surface area contributed by atoms with Gasteiger partial charge < -0.3 is 15.8 Å². The van der Waals surface area contributed by atoms with Gasteiger partial charge in [-0.05, 0) is 0 Å². The number of nitrogens with two attached hydrogens (primary N) is 1. The van der Waals surface area contributed by atoms with Crippen LogP contribution in [0.3, 0.4) is 0 Å². The number of carboxylic acid groups (broad SMARTS) is 1. The minimum Gasteiger partial charge on any atom is -0.481 e. The maximum atomic E-state index is 10.5. The van der Waals surface area contributed by atoms with Gasteiger partial charge >= 0.3 is 11.7 Å². The second-order valence-electron chi connectivity index (χ2n) is 2.19. The van der Waals surface area contributed by atoms with Gasteiger partial charge in [0.05, 0.1) is 6.42 Å². The molecule has 4 N–H and O–H groups in total. The van der Waals surface area contributed by atoms with Crippen LogP contribution in [0.4, 0.5) is 5.82 Å². The number of nitrogen functional groups attached to an aromatic ring is 1. The smallest absolute Gasteiger partial charge is 0.346 e. The minimum atomic E-state index is -1.02. The number of anilines is 1. The van der Waals surface area contributed by atoms with Crippen LogP contribution in [0.5, 0.6) is 0 Å². The van der Waals surface area contributed by atoms with Gasteiger partial charge in [0.1, 0.15) is 5.82 Å². The van der Waals surface area contributed by atoms with Crippen molar-refractivity contribution >= 4 is 11.8 Å². The Balaban J connectivity index is 3.01. The molecule has 12 heavy (non-hydrogen) atoms. The molecule has 1 rings (SSSR count). The number of carboxylic acids is 1. The van der Waals surface area contributed by atoms with Crippen LogP contribution in [0.15, 0.2) is 11.0 Å². The molecule has 0 saturated carbocycles. The highest BCUT2D eigenvalue weighted by molar-refractivity contribution is 5.71. The summed E-state index contributed by atoms with van der Waals surface area (Å²) in [5.41, 5.74) is 5.00. The molecule has 0 aliphatic rings. The average molecular weight is 169 g/mol. The summed E-state index contributed by atoms with van der Waals surface area (Å²) in [7, 11) is 0. The van der Waals surface area contributed by atoms with Gasteiger partial charge in [0.2, 0.25) is 0 Å². The summed E-state index contributed by atoms with van der Waals surface area (Å²) in [4.78, 5) is 26.3. The Kier molecular flexibility index (Phi) is 2.09. The fraction of sp³-hybridized carbons (Fsp3) is 0.167. The molecule has 0 spiro atoms. The standard InChI is InChI=1S/C6H7N3O3/c7-5-3(1-4(10)11)2-8-6(12)9-5/h2H,1H2,(H,10,11)(H3,7,8,9,12). The van der Waals surface area contributed by atoms with Crippen molar-refractivity contribution in [2.45, 2.75) is 6.42 Å². The van der Waals surface area contributed by atoms with Crippen LogP contribution < -0.4 is 11.4 Å². The lowest BCUT2D eigenvalue weighted by Crippen LogP contribution is -2.15. The molecule has 0 fully saturated rings. The molecule has 0 aliphatic carbocycles. The number of aliphatic carboxylic acids is 1. The monoisotopic (exact) mass is 169 g/mol. The van der Waals surface area contributed by atoms with Gasteiger partial charge in [-0.1, -0.05) is 0 Å². The molecule has 6 nitrogen and oxygen atoms in total. The highest BCUT2D eigenvalue weighted by Gasteiger charge is 2.05. The van der Waals surface area contributed by atoms with Crippen molar-refractivity contribution < 1.29 is 9.90 Å². The van der Waals surface area contributed by atoms with Gasteiger partial charge in [-0.2, -0.15) is 4.98 Å². The van der Waals surface area contributed by atoms with E-state index in [0.717, 1.165) is 0 Å². The van der Waals surface area contributed by atoms with Crippen LogP contribution in [-0.4, -0.2) is 21.0 Å². The molecule has 0 bridgehead atoms. The Morgan fingerprint density at radius 3 is 2.92 bits per heavy atom. The quantitative estimate of drug-likeness (QED) is 0.525. The number of nitrogens with zero attached hydrogens (tertiary/aromatic N) is 1. The summed E-state index contributed by atoms with van der Waals surface area (Å²) < 4.78 is 0. The third-order valence-electron chi connectivity index (χ3n) is 1.26. The molecule has 0 unspecified atom stereocenters. The van der Waals surface area contributed by atoms with E-state index in [2.05, 4.69) is 9.97 Å². The predicted molar refractivity (Wildman–Crippen MR) is 40.6 cm³/mol. The number of nitrogens with one attached hydrogen (secondary N) is 1. The third-order valence-corrected chi connectivity index (χ3v) is 1.26. The van der Waals surface area contributed by atoms with Crippen molar-refractivity contribution in [1.82, 2.24) is 9.97 Å². The minimum absolute atomic E-state index is 0.0406. The van der Waals surface area contributed by atoms with Gasteiger partial charge in [-0.3, -0.25) is 4.79 Å². The largest absolute Gasteiger partial charge is 0.481 e. The van der Waals surface area contributed by atoms with Crippen LogP contribution in [-0.2, 0) is 11.2 Å². The molecule has 0 radical (unpaired) electrons. The molecule has 1 aromatic heterocycles. The first-order chi connectivity index (χ1) is 5.59. The highest BCUT2D eigenvalue weighted by atomic mass is 16.4. The summed E-state index contributed by atoms with van der Waals surface area (Å²) in [6.45, 7) is 0. The summed E-state index contributed by atoms with van der Waals surface area (Å²) in [5, 5.41) is 8.39. The fourth-order valence-corrected chi connectivity index (χ4v) is 0.741. The lowest BCUT2D eigenvalue weighted by Gasteiger charge is -1.98. The Morgan fingerprint density at radius 1 is 1.75 bits per heavy atom. The molecule has 0 atom stereocenters. The summed E-state index contributed by atoms with van der Waals surface area (Å²) in [6, 6.07) is 0. The fourth-order valence-electron chi connectivity index (χ4n) is 0.741. The van der Waals surface area contributed by atoms with Gasteiger partial charge in [0.15, 0.2) is 0 Å². The van der Waals surface area contributed by atoms with Crippen LogP contribution in [0.25, 0.3) is 0 Å². The molecule has 1 aromatic rings. The van der Waals surface area contributed by atoms with E-state index in [4.69, 9.17) is 10.8 Å². The first-order valence-corrected chi connectivity index (χ1v) is 3.15. The van der Waals surface area contributed by atoms with Crippen LogP contribution in [0.1, 0.15) is 5.56 Å². The normalized spacial score (nSPS) is 9.67. The van der Waals surface area contributed by atoms with Crippen LogP contribution in [0, 0.1) is 0 Å². The predicted octanol–water partition coefficient (Wildman–Crippen LogP) is -1.02. The van der Waals surface area contributed by atoms with E-state index in [9.17, 15) is 9.59 Å². The van der Waals surface area contributed by atoms with Crippen LogP contribution in [0.2, 0.25) is 0 Å². The highest BCUT2D eigenvalue weighted by Crippen LogP contribution is 2.03. The number of aromatic amines is 1. The number of H-pyrrole nitrogens is 1. The topological polar surface area (TPSA) is 109 Å². The second kappa shape index (κ2) is 3.04. The number of rotatable bonds is 2. The Morgan fingerprint density at radius 2 is 2.42 bits per heavy atom. The summed E-state index contributed by atoms with van der Waals surface area (Å²) >= 11 is 0. The van der Waals surface area contributed by atoms with Gasteiger partial charge in [0.25, 0.3) is 0 Å². The molecule has 0 saturated heterocycles. The average Bonchev–Trinajstić information content (AvgIpc) is 1.94. The van der Waals surface area contributed by atoms with Gasteiger partial charge in [-0.15, -0.1) is 0 Å². The maximum Gasteiger partial charge on any atom is 0.346 e. The zero-order valence-electron chi connectivity index (χ0n) is 6.07. The Hall–Kier alpha value is -1.85. The molecule has 1 heterocycles. The van der Waals surface area contributed by atoms with E-state index in [0.29, 0.717) is 5.56 Å². The molecule has 6 heteroatoms. The Labute approximate surface area is 67.1 Å². The number of hydrogen-bond donors (Lipinski definition) is 3. The van der Waals surface area contributed by atoms with E-state index in [1.165, 1.54) is 6.20 Å². The van der Waals surface area contributed by atoms with E-state index in [-0.39, 0.29) is 12.2 Å². The zero-order valence-corrected chi connectivity index (χ0v) is 6.07. The second-order valence-corrected chi connectivity index (χ2v) is 2.19. The van der Waals surface area contributed by atoms with Crippen molar-refractivity contribution in [2.24, 2.45) is 0 Å². The number of carbonyl (C=O) groups is 1. The van der Waals surface area contributed by atoms with Gasteiger partial charge in [-0.25, -0.2) is 4.79 Å². The van der Waals surface area contributed by atoms with E-state index in [1.807, 2.05) is 0 Å². The maximum absolute atomic E-state index is 10.5. The lowest BCUT2D eigenvalue weighted by molar-refractivity contribution is -0.136. The lowest BCUT2D eigenvalue weighted by atomic mass is 10.2. The van der Waals surface area contributed by atoms with Gasteiger partial charge in [0, 0.05) is 11.8 Å². The Bertz CT molecular complexity index is 357. The molecule has 64 valence electrons. The van der Waals surface area contributed by atoms with E-state index >= 15 is 0 Å². The number of hydrogen-bond acceptors (Lipinski definition) is 4.